The van der Waals surface area contributed by atoms with Crippen LogP contribution in [0.3, 0.4) is 0 Å². The number of carbonyl (C=O) groups is 2. The van der Waals surface area contributed by atoms with Gasteiger partial charge in [0.1, 0.15) is 5.75 Å². The van der Waals surface area contributed by atoms with E-state index in [2.05, 4.69) is 21.3 Å². The molecule has 0 fully saturated rings. The van der Waals surface area contributed by atoms with Crippen LogP contribution in [0.1, 0.15) is 6.92 Å². The first-order chi connectivity index (χ1) is 12.9. The van der Waals surface area contributed by atoms with Crippen LogP contribution in [0.2, 0.25) is 0 Å². The summed E-state index contributed by atoms with van der Waals surface area (Å²) in [7, 11) is 0. The fourth-order valence-corrected chi connectivity index (χ4v) is 2.44. The Morgan fingerprint density at radius 1 is 0.852 bits per heavy atom. The maximum absolute atomic E-state index is 11.9. The summed E-state index contributed by atoms with van der Waals surface area (Å²) in [4.78, 5) is 22.8. The number of benzene rings is 2. The molecule has 0 atom stereocenters. The Labute approximate surface area is 167 Å². The van der Waals surface area contributed by atoms with Crippen molar-refractivity contribution in [3.8, 4) is 5.75 Å². The van der Waals surface area contributed by atoms with Crippen LogP contribution in [0.25, 0.3) is 0 Å². The molecule has 0 spiro atoms. The highest BCUT2D eigenvalue weighted by Gasteiger charge is 2.06. The Bertz CT molecular complexity index is 826. The van der Waals surface area contributed by atoms with E-state index in [0.29, 0.717) is 17.1 Å². The third kappa shape index (κ3) is 7.80. The predicted molar refractivity (Wildman–Crippen MR) is 113 cm³/mol. The molecule has 0 aliphatic heterocycles. The molecule has 0 heterocycles. The number of amides is 2. The van der Waals surface area contributed by atoms with Crippen LogP contribution in [0.15, 0.2) is 54.6 Å². The molecule has 0 aromatic heterocycles. The van der Waals surface area contributed by atoms with Gasteiger partial charge in [-0.1, -0.05) is 18.2 Å². The second-order valence-corrected chi connectivity index (χ2v) is 6.13. The van der Waals surface area contributed by atoms with Crippen LogP contribution in [0.4, 0.5) is 11.4 Å². The van der Waals surface area contributed by atoms with E-state index in [1.54, 1.807) is 36.4 Å². The van der Waals surface area contributed by atoms with Gasteiger partial charge in [-0.25, -0.2) is 0 Å². The lowest BCUT2D eigenvalue weighted by molar-refractivity contribution is -0.121. The van der Waals surface area contributed by atoms with Crippen LogP contribution in [0.5, 0.6) is 5.75 Å². The smallest absolute Gasteiger partial charge is 0.264 e. The van der Waals surface area contributed by atoms with Crippen molar-refractivity contribution in [1.29, 1.82) is 0 Å². The third-order valence-corrected chi connectivity index (χ3v) is 3.46. The summed E-state index contributed by atoms with van der Waals surface area (Å²) in [6.45, 7) is 1.23. The largest absolute Gasteiger partial charge is 0.484 e. The Morgan fingerprint density at radius 3 is 1.89 bits per heavy atom. The molecular formula is C18H18N4O3S2. The minimum absolute atomic E-state index is 0.144. The Hall–Kier alpha value is -3.04. The summed E-state index contributed by atoms with van der Waals surface area (Å²) in [5.74, 6) is -0.00906. The second-order valence-electron chi connectivity index (χ2n) is 5.32. The number of carbonyl (C=O) groups excluding carboxylic acids is 2. The van der Waals surface area contributed by atoms with Crippen molar-refractivity contribution >= 4 is 57.8 Å². The van der Waals surface area contributed by atoms with Crippen molar-refractivity contribution in [2.75, 3.05) is 17.2 Å². The highest BCUT2D eigenvalue weighted by molar-refractivity contribution is 7.80. The zero-order valence-corrected chi connectivity index (χ0v) is 16.1. The molecule has 7 nitrogen and oxygen atoms in total. The lowest BCUT2D eigenvalue weighted by atomic mass is 10.3. The number of anilines is 2. The van der Waals surface area contributed by atoms with Crippen LogP contribution in [-0.2, 0) is 9.59 Å². The third-order valence-electron chi connectivity index (χ3n) is 3.06. The Balaban J connectivity index is 1.77. The average Bonchev–Trinajstić information content (AvgIpc) is 2.62. The van der Waals surface area contributed by atoms with E-state index in [4.69, 9.17) is 29.2 Å². The normalized spacial score (nSPS) is 9.67. The highest BCUT2D eigenvalue weighted by Crippen LogP contribution is 2.13. The second kappa shape index (κ2) is 10.2. The molecule has 2 aromatic rings. The van der Waals surface area contributed by atoms with Crippen molar-refractivity contribution < 1.29 is 14.3 Å². The van der Waals surface area contributed by atoms with Crippen molar-refractivity contribution in [2.45, 2.75) is 6.92 Å². The van der Waals surface area contributed by atoms with Gasteiger partial charge in [0.05, 0.1) is 0 Å². The van der Waals surface area contributed by atoms with Crippen LogP contribution >= 0.6 is 24.4 Å². The fraction of sp³-hybridized carbons (Fsp3) is 0.111. The maximum atomic E-state index is 11.9. The number of hydrogen-bond acceptors (Lipinski definition) is 5. The van der Waals surface area contributed by atoms with Crippen LogP contribution in [-0.4, -0.2) is 28.6 Å². The van der Waals surface area contributed by atoms with E-state index in [1.807, 2.05) is 18.2 Å². The van der Waals surface area contributed by atoms with Gasteiger partial charge < -0.3 is 20.7 Å². The summed E-state index contributed by atoms with van der Waals surface area (Å²) < 4.78 is 5.35. The molecule has 4 N–H and O–H groups in total. The molecule has 0 aliphatic rings. The molecule has 0 saturated carbocycles. The van der Waals surface area contributed by atoms with E-state index in [1.165, 1.54) is 6.92 Å². The zero-order valence-electron chi connectivity index (χ0n) is 14.4. The first kappa shape index (κ1) is 20.3. The summed E-state index contributed by atoms with van der Waals surface area (Å²) in [5, 5.41) is 11.1. The fourth-order valence-electron chi connectivity index (χ4n) is 1.95. The van der Waals surface area contributed by atoms with Crippen molar-refractivity contribution in [1.82, 2.24) is 10.6 Å². The maximum Gasteiger partial charge on any atom is 0.264 e. The van der Waals surface area contributed by atoms with E-state index >= 15 is 0 Å². The number of nitrogens with one attached hydrogen (secondary N) is 4. The molecule has 0 radical (unpaired) electrons. The summed E-state index contributed by atoms with van der Waals surface area (Å²) in [6, 6.07) is 16.0. The molecular weight excluding hydrogens is 384 g/mol. The topological polar surface area (TPSA) is 91.5 Å². The number of ether oxygens (including phenoxy) is 1. The number of hydrogen-bond donors (Lipinski definition) is 4. The SMILES string of the molecule is CC(=O)NC(=S)Nc1ccc(NC(=S)NC(=O)COc2ccccc2)cc1. The zero-order chi connectivity index (χ0) is 19.6. The first-order valence-electron chi connectivity index (χ1n) is 7.89. The lowest BCUT2D eigenvalue weighted by Gasteiger charge is -2.12. The van der Waals surface area contributed by atoms with Crippen LogP contribution < -0.4 is 26.0 Å². The van der Waals surface area contributed by atoms with Gasteiger partial charge in [0.2, 0.25) is 5.91 Å². The highest BCUT2D eigenvalue weighted by atomic mass is 32.1. The number of para-hydroxylation sites is 1. The monoisotopic (exact) mass is 402 g/mol. The molecule has 140 valence electrons. The minimum Gasteiger partial charge on any atom is -0.484 e. The van der Waals surface area contributed by atoms with Gasteiger partial charge >= 0.3 is 0 Å². The first-order valence-corrected chi connectivity index (χ1v) is 8.71. The van der Waals surface area contributed by atoms with Crippen molar-refractivity contribution in [3.63, 3.8) is 0 Å². The van der Waals surface area contributed by atoms with E-state index < -0.39 is 0 Å². The minimum atomic E-state index is -0.365. The van der Waals surface area contributed by atoms with Crippen LogP contribution in [0, 0.1) is 0 Å². The molecule has 9 heteroatoms. The molecule has 27 heavy (non-hydrogen) atoms. The van der Waals surface area contributed by atoms with E-state index in [0.717, 1.165) is 0 Å². The number of rotatable bonds is 5. The summed E-state index contributed by atoms with van der Waals surface area (Å²) >= 11 is 10.1. The Kier molecular flexibility index (Phi) is 7.65. The van der Waals surface area contributed by atoms with Crippen molar-refractivity contribution in [3.05, 3.63) is 54.6 Å². The van der Waals surface area contributed by atoms with Gasteiger partial charge in [-0.05, 0) is 60.8 Å². The quantitative estimate of drug-likeness (QED) is 0.571. The van der Waals surface area contributed by atoms with Gasteiger partial charge in [-0.2, -0.15) is 0 Å². The molecule has 2 rings (SSSR count). The standard InChI is InChI=1S/C18H18N4O3S2/c1-12(23)19-17(26)20-13-7-9-14(10-8-13)21-18(27)22-16(24)11-25-15-5-3-2-4-6-15/h2-10H,11H2,1H3,(H2,19,20,23,26)(H2,21,22,24,27). The summed E-state index contributed by atoms with van der Waals surface area (Å²) in [5.41, 5.74) is 1.38. The molecule has 0 aliphatic carbocycles. The molecule has 0 bridgehead atoms. The van der Waals surface area contributed by atoms with E-state index in [-0.39, 0.29) is 28.6 Å². The lowest BCUT2D eigenvalue weighted by Crippen LogP contribution is -2.37. The summed E-state index contributed by atoms with van der Waals surface area (Å²) in [6.07, 6.45) is 0. The van der Waals surface area contributed by atoms with Gasteiger partial charge in [0, 0.05) is 18.3 Å². The van der Waals surface area contributed by atoms with Gasteiger partial charge in [0.25, 0.3) is 5.91 Å². The van der Waals surface area contributed by atoms with E-state index in [9.17, 15) is 9.59 Å². The van der Waals surface area contributed by atoms with Gasteiger partial charge in [-0.15, -0.1) is 0 Å². The molecule has 0 unspecified atom stereocenters. The molecule has 2 amide bonds. The average molecular weight is 403 g/mol. The molecule has 2 aromatic carbocycles. The van der Waals surface area contributed by atoms with Gasteiger partial charge in [-0.3, -0.25) is 14.9 Å². The Morgan fingerprint density at radius 2 is 1.37 bits per heavy atom. The molecule has 0 saturated heterocycles. The van der Waals surface area contributed by atoms with Gasteiger partial charge in [0.15, 0.2) is 16.8 Å². The predicted octanol–water partition coefficient (Wildman–Crippen LogP) is 2.41. The van der Waals surface area contributed by atoms with Crippen molar-refractivity contribution in [2.24, 2.45) is 0 Å². The number of thiocarbonyl (C=S) groups is 2.